The Morgan fingerprint density at radius 3 is 2.24 bits per heavy atom. The fraction of sp³-hybridized carbons (Fsp3) is 0.455. The monoisotopic (exact) mass is 450 g/mol. The zero-order chi connectivity index (χ0) is 16.4. The lowest BCUT2D eigenvalue weighted by molar-refractivity contribution is -0.146. The highest BCUT2D eigenvalue weighted by Gasteiger charge is 2.35. The summed E-state index contributed by atoms with van der Waals surface area (Å²) in [5, 5.41) is 0. The molecule has 0 aliphatic carbocycles. The smallest absolute Gasteiger partial charge is 0.347 e. The minimum Gasteiger partial charge on any atom is -0.347 e. The van der Waals surface area contributed by atoms with Crippen LogP contribution < -0.4 is 0 Å². The molecule has 1 heterocycles. The van der Waals surface area contributed by atoms with Gasteiger partial charge in [0.05, 0.1) is 8.66 Å². The summed E-state index contributed by atoms with van der Waals surface area (Å²) in [4.78, 5) is 25.5. The van der Waals surface area contributed by atoms with E-state index in [2.05, 4.69) is 31.9 Å². The fourth-order valence-electron chi connectivity index (χ4n) is 1.33. The summed E-state index contributed by atoms with van der Waals surface area (Å²) in [6, 6.07) is 1.42. The van der Waals surface area contributed by atoms with Crippen molar-refractivity contribution in [1.29, 1.82) is 0 Å². The van der Waals surface area contributed by atoms with E-state index in [1.165, 1.54) is 20.2 Å². The van der Waals surface area contributed by atoms with Crippen LogP contribution in [-0.2, 0) is 4.79 Å². The SMILES string of the molecule is CN(C)C(=O)CN(CC(F)(F)F)C(=O)c1cc(Br)c(Br)s1. The van der Waals surface area contributed by atoms with Crippen molar-refractivity contribution in [3.05, 3.63) is 19.2 Å². The highest BCUT2D eigenvalue weighted by atomic mass is 79.9. The van der Waals surface area contributed by atoms with Crippen molar-refractivity contribution < 1.29 is 22.8 Å². The molecule has 0 radical (unpaired) electrons. The molecule has 0 aliphatic heterocycles. The largest absolute Gasteiger partial charge is 0.406 e. The highest BCUT2D eigenvalue weighted by Crippen LogP contribution is 2.33. The molecule has 118 valence electrons. The van der Waals surface area contributed by atoms with Gasteiger partial charge in [-0.2, -0.15) is 13.2 Å². The maximum absolute atomic E-state index is 12.6. The number of alkyl halides is 3. The Kier molecular flexibility index (Phi) is 6.23. The minimum atomic E-state index is -4.58. The van der Waals surface area contributed by atoms with Gasteiger partial charge in [-0.05, 0) is 37.9 Å². The normalized spacial score (nSPS) is 11.4. The van der Waals surface area contributed by atoms with Crippen LogP contribution in [0.1, 0.15) is 9.67 Å². The van der Waals surface area contributed by atoms with Crippen molar-refractivity contribution in [1.82, 2.24) is 9.80 Å². The number of nitrogens with zero attached hydrogens (tertiary/aromatic N) is 2. The number of halogens is 5. The lowest BCUT2D eigenvalue weighted by atomic mass is 10.3. The molecule has 2 amide bonds. The Bertz CT molecular complexity index is 527. The van der Waals surface area contributed by atoms with E-state index in [4.69, 9.17) is 0 Å². The van der Waals surface area contributed by atoms with Crippen LogP contribution in [0.3, 0.4) is 0 Å². The molecule has 0 saturated heterocycles. The molecule has 0 N–H and O–H groups in total. The summed E-state index contributed by atoms with van der Waals surface area (Å²) in [7, 11) is 2.83. The van der Waals surface area contributed by atoms with Crippen LogP contribution in [0.2, 0.25) is 0 Å². The van der Waals surface area contributed by atoms with Gasteiger partial charge in [0.2, 0.25) is 5.91 Å². The summed E-state index contributed by atoms with van der Waals surface area (Å²) in [5.41, 5.74) is 0. The molecule has 10 heteroatoms. The molecule has 1 aromatic heterocycles. The first kappa shape index (κ1) is 18.4. The first-order valence-corrected chi connectivity index (χ1v) is 7.92. The standard InChI is InChI=1S/C11H11Br2F3N2O2S/c1-17(2)8(19)4-18(5-11(14,15)16)10(20)7-3-6(12)9(13)21-7/h3H,4-5H2,1-2H3. The Hall–Kier alpha value is -0.610. The fourth-order valence-corrected chi connectivity index (χ4v) is 3.33. The second-order valence-electron chi connectivity index (χ2n) is 4.30. The third-order valence-electron chi connectivity index (χ3n) is 2.34. The second-order valence-corrected chi connectivity index (χ2v) is 7.52. The van der Waals surface area contributed by atoms with Crippen molar-refractivity contribution in [2.75, 3.05) is 27.2 Å². The summed E-state index contributed by atoms with van der Waals surface area (Å²) < 4.78 is 38.9. The topological polar surface area (TPSA) is 40.6 Å². The van der Waals surface area contributed by atoms with Gasteiger partial charge in [0.15, 0.2) is 0 Å². The first-order valence-electron chi connectivity index (χ1n) is 5.52. The molecular formula is C11H11Br2F3N2O2S. The van der Waals surface area contributed by atoms with Crippen LogP contribution >= 0.6 is 43.2 Å². The van der Waals surface area contributed by atoms with Crippen LogP contribution in [0.15, 0.2) is 14.3 Å². The minimum absolute atomic E-state index is 0.115. The molecule has 4 nitrogen and oxygen atoms in total. The van der Waals surface area contributed by atoms with E-state index < -0.39 is 31.1 Å². The quantitative estimate of drug-likeness (QED) is 0.704. The summed E-state index contributed by atoms with van der Waals surface area (Å²) in [6.45, 7) is -2.10. The molecule has 0 bridgehead atoms. The number of carbonyl (C=O) groups excluding carboxylic acids is 2. The lowest BCUT2D eigenvalue weighted by Gasteiger charge is -2.24. The van der Waals surface area contributed by atoms with Crippen molar-refractivity contribution in [2.24, 2.45) is 0 Å². The van der Waals surface area contributed by atoms with Gasteiger partial charge < -0.3 is 9.80 Å². The molecular weight excluding hydrogens is 441 g/mol. The number of likely N-dealkylation sites (N-methyl/N-ethyl adjacent to an activating group) is 1. The Balaban J connectivity index is 2.99. The van der Waals surface area contributed by atoms with Gasteiger partial charge >= 0.3 is 6.18 Å². The zero-order valence-corrected chi connectivity index (χ0v) is 15.0. The average Bonchev–Trinajstić information content (AvgIpc) is 2.66. The predicted octanol–water partition coefficient (Wildman–Crippen LogP) is 3.37. The molecule has 0 aromatic carbocycles. The summed E-state index contributed by atoms with van der Waals surface area (Å²) >= 11 is 7.34. The van der Waals surface area contributed by atoms with Gasteiger partial charge in [0.25, 0.3) is 5.91 Å². The highest BCUT2D eigenvalue weighted by molar-refractivity contribution is 9.13. The molecule has 0 atom stereocenters. The number of hydrogen-bond acceptors (Lipinski definition) is 3. The van der Waals surface area contributed by atoms with Gasteiger partial charge in [-0.1, -0.05) is 0 Å². The van der Waals surface area contributed by atoms with Gasteiger partial charge in [-0.15, -0.1) is 11.3 Å². The van der Waals surface area contributed by atoms with E-state index in [-0.39, 0.29) is 4.88 Å². The Morgan fingerprint density at radius 1 is 1.29 bits per heavy atom. The number of rotatable bonds is 4. The number of hydrogen-bond donors (Lipinski definition) is 0. The van der Waals surface area contributed by atoms with E-state index in [1.807, 2.05) is 0 Å². The van der Waals surface area contributed by atoms with E-state index in [9.17, 15) is 22.8 Å². The molecule has 0 fully saturated rings. The second kappa shape index (κ2) is 7.10. The molecule has 0 aliphatic rings. The van der Waals surface area contributed by atoms with Crippen molar-refractivity contribution in [2.45, 2.75) is 6.18 Å². The van der Waals surface area contributed by atoms with Crippen LogP contribution in [0, 0.1) is 0 Å². The molecule has 0 saturated carbocycles. The van der Waals surface area contributed by atoms with Gasteiger partial charge in [-0.25, -0.2) is 0 Å². The summed E-state index contributed by atoms with van der Waals surface area (Å²) in [6.07, 6.45) is -4.58. The lowest BCUT2D eigenvalue weighted by Crippen LogP contribution is -2.44. The Morgan fingerprint density at radius 2 is 1.86 bits per heavy atom. The third-order valence-corrected chi connectivity index (χ3v) is 5.58. The van der Waals surface area contributed by atoms with Gasteiger partial charge in [-0.3, -0.25) is 9.59 Å². The van der Waals surface area contributed by atoms with Crippen molar-refractivity contribution in [3.8, 4) is 0 Å². The first-order chi connectivity index (χ1) is 9.51. The van der Waals surface area contributed by atoms with E-state index in [1.54, 1.807) is 0 Å². The maximum Gasteiger partial charge on any atom is 0.406 e. The van der Waals surface area contributed by atoms with Crippen LogP contribution in [0.25, 0.3) is 0 Å². The van der Waals surface area contributed by atoms with Crippen molar-refractivity contribution >= 4 is 55.0 Å². The van der Waals surface area contributed by atoms with Crippen molar-refractivity contribution in [3.63, 3.8) is 0 Å². The number of amides is 2. The van der Waals surface area contributed by atoms with E-state index in [0.29, 0.717) is 13.2 Å². The van der Waals surface area contributed by atoms with E-state index in [0.717, 1.165) is 16.2 Å². The molecule has 1 aromatic rings. The molecule has 21 heavy (non-hydrogen) atoms. The Labute approximate surface area is 140 Å². The molecule has 1 rings (SSSR count). The van der Waals surface area contributed by atoms with E-state index >= 15 is 0 Å². The number of carbonyl (C=O) groups is 2. The van der Waals surface area contributed by atoms with Gasteiger partial charge in [0, 0.05) is 18.6 Å². The van der Waals surface area contributed by atoms with Crippen LogP contribution in [0.4, 0.5) is 13.2 Å². The predicted molar refractivity (Wildman–Crippen MR) is 80.4 cm³/mol. The van der Waals surface area contributed by atoms with Gasteiger partial charge in [0.1, 0.15) is 13.1 Å². The average molecular weight is 452 g/mol. The zero-order valence-electron chi connectivity index (χ0n) is 11.0. The number of thiophene rings is 1. The van der Waals surface area contributed by atoms with Crippen LogP contribution in [0.5, 0.6) is 0 Å². The third kappa shape index (κ3) is 5.59. The molecule has 0 spiro atoms. The summed E-state index contributed by atoms with van der Waals surface area (Å²) in [5.74, 6) is -1.42. The maximum atomic E-state index is 12.6. The molecule has 0 unspecified atom stereocenters. The van der Waals surface area contributed by atoms with Crippen LogP contribution in [-0.4, -0.2) is 55.0 Å².